The highest BCUT2D eigenvalue weighted by Gasteiger charge is 2.10. The van der Waals surface area contributed by atoms with Crippen LogP contribution in [0.15, 0.2) is 30.3 Å². The Hall–Kier alpha value is -1.66. The van der Waals surface area contributed by atoms with E-state index in [-0.39, 0.29) is 5.75 Å². The highest BCUT2D eigenvalue weighted by atomic mass is 32.2. The van der Waals surface area contributed by atoms with E-state index in [0.29, 0.717) is 11.4 Å². The van der Waals surface area contributed by atoms with E-state index in [4.69, 9.17) is 4.74 Å². The Bertz CT molecular complexity index is 667. The van der Waals surface area contributed by atoms with E-state index in [2.05, 4.69) is 9.17 Å². The number of fused-ring (bicyclic) bond motifs is 1. The first-order valence-electron chi connectivity index (χ1n) is 5.26. The Labute approximate surface area is 105 Å². The molecule has 0 atom stereocenters. The summed E-state index contributed by atoms with van der Waals surface area (Å²) in [5, 5.41) is 0.861. The summed E-state index contributed by atoms with van der Waals surface area (Å²) in [7, 11) is -0.794. The molecule has 0 bridgehead atoms. The van der Waals surface area contributed by atoms with E-state index in [1.54, 1.807) is 31.4 Å². The molecule has 0 aliphatic carbocycles. The summed E-state index contributed by atoms with van der Waals surface area (Å²) in [4.78, 5) is 4.25. The van der Waals surface area contributed by atoms with Gasteiger partial charge in [-0.2, -0.15) is 8.42 Å². The Morgan fingerprint density at radius 2 is 1.94 bits per heavy atom. The van der Waals surface area contributed by atoms with Gasteiger partial charge in [0.15, 0.2) is 0 Å². The van der Waals surface area contributed by atoms with Crippen molar-refractivity contribution in [2.45, 2.75) is 5.75 Å². The summed E-state index contributed by atoms with van der Waals surface area (Å²) in [6.45, 7) is 0. The zero-order valence-corrected chi connectivity index (χ0v) is 10.9. The smallest absolute Gasteiger partial charge is 0.271 e. The third kappa shape index (κ3) is 2.77. The lowest BCUT2D eigenvalue weighted by Crippen LogP contribution is -2.05. The lowest BCUT2D eigenvalue weighted by molar-refractivity contribution is 0.397. The standard InChI is InChI=1S/C12H13NO4S/c1-16-12-6-4-10-7-9(3-5-11(10)13-12)8-18(14,15)17-2/h3-7H,8H2,1-2H3. The van der Waals surface area contributed by atoms with Gasteiger partial charge in [-0.3, -0.25) is 4.18 Å². The molecule has 5 nitrogen and oxygen atoms in total. The molecule has 0 N–H and O–H groups in total. The van der Waals surface area contributed by atoms with Gasteiger partial charge in [0.25, 0.3) is 10.1 Å². The Morgan fingerprint density at radius 3 is 2.61 bits per heavy atom. The van der Waals surface area contributed by atoms with Crippen molar-refractivity contribution in [2.24, 2.45) is 0 Å². The second-order valence-corrected chi connectivity index (χ2v) is 5.49. The molecule has 0 unspecified atom stereocenters. The maximum Gasteiger partial charge on any atom is 0.271 e. The van der Waals surface area contributed by atoms with E-state index in [9.17, 15) is 8.42 Å². The lowest BCUT2D eigenvalue weighted by Gasteiger charge is -2.05. The molecule has 2 rings (SSSR count). The van der Waals surface area contributed by atoms with Crippen LogP contribution in [0.1, 0.15) is 5.56 Å². The van der Waals surface area contributed by atoms with Gasteiger partial charge >= 0.3 is 0 Å². The number of methoxy groups -OCH3 is 1. The fraction of sp³-hybridized carbons (Fsp3) is 0.250. The minimum atomic E-state index is -3.50. The van der Waals surface area contributed by atoms with E-state index < -0.39 is 10.1 Å². The molecule has 18 heavy (non-hydrogen) atoms. The molecule has 0 radical (unpaired) electrons. The second-order valence-electron chi connectivity index (χ2n) is 3.75. The number of pyridine rings is 1. The molecule has 0 amide bonds. The molecule has 1 aromatic carbocycles. The van der Waals surface area contributed by atoms with Crippen LogP contribution in [-0.4, -0.2) is 27.6 Å². The Balaban J connectivity index is 2.39. The maximum absolute atomic E-state index is 11.3. The van der Waals surface area contributed by atoms with Crippen molar-refractivity contribution in [3.05, 3.63) is 35.9 Å². The van der Waals surface area contributed by atoms with E-state index in [0.717, 1.165) is 18.0 Å². The third-order valence-electron chi connectivity index (χ3n) is 2.53. The molecule has 1 heterocycles. The molecule has 0 aliphatic heterocycles. The average Bonchev–Trinajstić information content (AvgIpc) is 2.37. The van der Waals surface area contributed by atoms with Crippen LogP contribution in [0.2, 0.25) is 0 Å². The second kappa shape index (κ2) is 4.91. The Kier molecular flexibility index (Phi) is 3.49. The molecular weight excluding hydrogens is 254 g/mol. The van der Waals surface area contributed by atoms with Crippen LogP contribution in [0.3, 0.4) is 0 Å². The van der Waals surface area contributed by atoms with Crippen LogP contribution in [0.25, 0.3) is 10.9 Å². The van der Waals surface area contributed by atoms with Crippen LogP contribution in [-0.2, 0) is 20.1 Å². The summed E-state index contributed by atoms with van der Waals surface area (Å²) in [5.74, 6) is 0.380. The van der Waals surface area contributed by atoms with Gasteiger partial charge in [0.2, 0.25) is 5.88 Å². The summed E-state index contributed by atoms with van der Waals surface area (Å²) < 4.78 is 32.1. The van der Waals surface area contributed by atoms with Crippen molar-refractivity contribution in [3.63, 3.8) is 0 Å². The zero-order valence-electron chi connectivity index (χ0n) is 10.1. The summed E-state index contributed by atoms with van der Waals surface area (Å²) in [6, 6.07) is 8.82. The first kappa shape index (κ1) is 12.8. The fourth-order valence-corrected chi connectivity index (χ4v) is 2.33. The number of ether oxygens (including phenoxy) is 1. The van der Waals surface area contributed by atoms with Gasteiger partial charge in [-0.05, 0) is 23.8 Å². The first-order chi connectivity index (χ1) is 8.54. The number of benzene rings is 1. The molecule has 96 valence electrons. The van der Waals surface area contributed by atoms with Gasteiger partial charge in [0, 0.05) is 11.5 Å². The minimum Gasteiger partial charge on any atom is -0.481 e. The lowest BCUT2D eigenvalue weighted by atomic mass is 10.1. The number of rotatable bonds is 4. The number of aromatic nitrogens is 1. The number of nitrogens with zero attached hydrogens (tertiary/aromatic N) is 1. The van der Waals surface area contributed by atoms with Crippen molar-refractivity contribution in [1.82, 2.24) is 4.98 Å². The molecule has 1 aromatic heterocycles. The van der Waals surface area contributed by atoms with Crippen molar-refractivity contribution in [3.8, 4) is 5.88 Å². The van der Waals surface area contributed by atoms with Crippen molar-refractivity contribution in [2.75, 3.05) is 14.2 Å². The van der Waals surface area contributed by atoms with Gasteiger partial charge in [-0.1, -0.05) is 6.07 Å². The predicted octanol–water partition coefficient (Wildman–Crippen LogP) is 1.72. The molecule has 0 fully saturated rings. The van der Waals surface area contributed by atoms with Crippen LogP contribution in [0, 0.1) is 0 Å². The van der Waals surface area contributed by atoms with Crippen LogP contribution in [0.4, 0.5) is 0 Å². The molecule has 2 aromatic rings. The summed E-state index contributed by atoms with van der Waals surface area (Å²) in [5.41, 5.74) is 1.42. The van der Waals surface area contributed by atoms with E-state index in [1.807, 2.05) is 6.07 Å². The zero-order chi connectivity index (χ0) is 13.2. The highest BCUT2D eigenvalue weighted by molar-refractivity contribution is 7.85. The topological polar surface area (TPSA) is 65.5 Å². The normalized spacial score (nSPS) is 11.7. The predicted molar refractivity (Wildman–Crippen MR) is 67.9 cm³/mol. The Morgan fingerprint density at radius 1 is 1.17 bits per heavy atom. The molecule has 0 saturated heterocycles. The van der Waals surface area contributed by atoms with Gasteiger partial charge < -0.3 is 4.74 Å². The molecule has 6 heteroatoms. The maximum atomic E-state index is 11.3. The third-order valence-corrected chi connectivity index (χ3v) is 3.73. The largest absolute Gasteiger partial charge is 0.481 e. The van der Waals surface area contributed by atoms with E-state index in [1.165, 1.54) is 0 Å². The molecular formula is C12H13NO4S. The van der Waals surface area contributed by atoms with Gasteiger partial charge in [-0.25, -0.2) is 4.98 Å². The average molecular weight is 267 g/mol. The number of hydrogen-bond donors (Lipinski definition) is 0. The van der Waals surface area contributed by atoms with E-state index >= 15 is 0 Å². The first-order valence-corrected chi connectivity index (χ1v) is 6.84. The minimum absolute atomic E-state index is 0.147. The molecule has 0 saturated carbocycles. The molecule has 0 aliphatic rings. The van der Waals surface area contributed by atoms with Crippen LogP contribution in [0.5, 0.6) is 5.88 Å². The van der Waals surface area contributed by atoms with Crippen LogP contribution < -0.4 is 4.74 Å². The quantitative estimate of drug-likeness (QED) is 0.789. The molecule has 0 spiro atoms. The van der Waals surface area contributed by atoms with Crippen LogP contribution >= 0.6 is 0 Å². The SMILES string of the molecule is COc1ccc2cc(CS(=O)(=O)OC)ccc2n1. The van der Waals surface area contributed by atoms with Gasteiger partial charge in [0.1, 0.15) is 5.75 Å². The summed E-state index contributed by atoms with van der Waals surface area (Å²) in [6.07, 6.45) is 0. The fourth-order valence-electron chi connectivity index (χ4n) is 1.62. The summed E-state index contributed by atoms with van der Waals surface area (Å²) >= 11 is 0. The van der Waals surface area contributed by atoms with Gasteiger partial charge in [-0.15, -0.1) is 0 Å². The highest BCUT2D eigenvalue weighted by Crippen LogP contribution is 2.19. The monoisotopic (exact) mass is 267 g/mol. The number of hydrogen-bond acceptors (Lipinski definition) is 5. The van der Waals surface area contributed by atoms with Gasteiger partial charge in [0.05, 0.1) is 19.7 Å². The van der Waals surface area contributed by atoms with Crippen molar-refractivity contribution >= 4 is 21.0 Å². The van der Waals surface area contributed by atoms with Crippen molar-refractivity contribution < 1.29 is 17.3 Å². The van der Waals surface area contributed by atoms with Crippen molar-refractivity contribution in [1.29, 1.82) is 0 Å².